The fourth-order valence-corrected chi connectivity index (χ4v) is 2.87. The van der Waals surface area contributed by atoms with Gasteiger partial charge in [-0.25, -0.2) is 0 Å². The molecular weight excluding hydrogens is 314 g/mol. The number of benzene rings is 1. The third-order valence-electron chi connectivity index (χ3n) is 3.26. The lowest BCUT2D eigenvalue weighted by Crippen LogP contribution is -2.36. The minimum atomic E-state index is 0.405. The van der Waals surface area contributed by atoms with Crippen molar-refractivity contribution in [1.82, 2.24) is 4.90 Å². The highest BCUT2D eigenvalue weighted by Crippen LogP contribution is 2.18. The summed E-state index contributed by atoms with van der Waals surface area (Å²) in [4.78, 5) is 2.49. The molecule has 1 aromatic rings. The minimum Gasteiger partial charge on any atom is -0.377 e. The zero-order valence-electron chi connectivity index (χ0n) is 10.4. The predicted octanol–water partition coefficient (Wildman–Crippen LogP) is 3.67. The second kappa shape index (κ2) is 7.49. The molecule has 1 aliphatic rings. The Morgan fingerprint density at radius 3 is 2.78 bits per heavy atom. The number of hydrogen-bond acceptors (Lipinski definition) is 2. The van der Waals surface area contributed by atoms with Crippen LogP contribution >= 0.6 is 27.5 Å². The van der Waals surface area contributed by atoms with Gasteiger partial charge in [0.1, 0.15) is 0 Å². The first-order chi connectivity index (χ1) is 8.78. The maximum Gasteiger partial charge on any atom is 0.0605 e. The molecule has 0 bridgehead atoms. The van der Waals surface area contributed by atoms with E-state index in [0.717, 1.165) is 36.9 Å². The molecule has 1 fully saturated rings. The lowest BCUT2D eigenvalue weighted by Gasteiger charge is -2.31. The Kier molecular flexibility index (Phi) is 5.96. The van der Waals surface area contributed by atoms with Gasteiger partial charge in [-0.2, -0.15) is 0 Å². The van der Waals surface area contributed by atoms with Crippen LogP contribution in [0.4, 0.5) is 0 Å². The third kappa shape index (κ3) is 4.54. The summed E-state index contributed by atoms with van der Waals surface area (Å²) >= 11 is 9.15. The molecule has 2 rings (SSSR count). The highest BCUT2D eigenvalue weighted by atomic mass is 79.9. The lowest BCUT2D eigenvalue weighted by atomic mass is 10.1. The minimum absolute atomic E-state index is 0.405. The Bertz CT molecular complexity index is 367. The summed E-state index contributed by atoms with van der Waals surface area (Å²) in [6, 6.07) is 8.53. The molecule has 0 spiro atoms. The quantitative estimate of drug-likeness (QED) is 0.763. The van der Waals surface area contributed by atoms with Gasteiger partial charge in [-0.05, 0) is 30.5 Å². The smallest absolute Gasteiger partial charge is 0.0605 e. The molecule has 0 amide bonds. The van der Waals surface area contributed by atoms with Crippen LogP contribution < -0.4 is 0 Å². The molecule has 0 aromatic heterocycles. The van der Waals surface area contributed by atoms with Crippen molar-refractivity contribution in [2.45, 2.75) is 25.5 Å². The van der Waals surface area contributed by atoms with Gasteiger partial charge in [0.15, 0.2) is 0 Å². The van der Waals surface area contributed by atoms with Crippen LogP contribution in [-0.2, 0) is 11.3 Å². The fourth-order valence-electron chi connectivity index (χ4n) is 2.34. The van der Waals surface area contributed by atoms with Crippen LogP contribution in [0.5, 0.6) is 0 Å². The molecule has 2 nitrogen and oxygen atoms in total. The van der Waals surface area contributed by atoms with Gasteiger partial charge in [0.2, 0.25) is 0 Å². The summed E-state index contributed by atoms with van der Waals surface area (Å²) < 4.78 is 6.84. The Morgan fingerprint density at radius 1 is 1.33 bits per heavy atom. The summed E-state index contributed by atoms with van der Waals surface area (Å²) in [7, 11) is 0. The number of rotatable bonds is 5. The molecule has 4 heteroatoms. The van der Waals surface area contributed by atoms with Crippen LogP contribution in [0.3, 0.4) is 0 Å². The monoisotopic (exact) mass is 331 g/mol. The molecule has 1 aliphatic heterocycles. The Balaban J connectivity index is 1.76. The third-order valence-corrected chi connectivity index (χ3v) is 3.91. The van der Waals surface area contributed by atoms with E-state index in [-0.39, 0.29) is 0 Å². The summed E-state index contributed by atoms with van der Waals surface area (Å²) in [6.07, 6.45) is 2.64. The molecule has 0 unspecified atom stereocenters. The van der Waals surface area contributed by atoms with Crippen molar-refractivity contribution in [2.75, 3.05) is 25.6 Å². The Labute approximate surface area is 122 Å². The highest BCUT2D eigenvalue weighted by molar-refractivity contribution is 9.10. The number of piperidine rings is 1. The van der Waals surface area contributed by atoms with Crippen molar-refractivity contribution in [3.63, 3.8) is 0 Å². The molecule has 0 aliphatic carbocycles. The van der Waals surface area contributed by atoms with Crippen molar-refractivity contribution in [3.05, 3.63) is 34.3 Å². The summed E-state index contributed by atoms with van der Waals surface area (Å²) in [5.41, 5.74) is 1.37. The molecule has 100 valence electrons. The highest BCUT2D eigenvalue weighted by Gasteiger charge is 2.19. The topological polar surface area (TPSA) is 12.5 Å². The standard InChI is InChI=1S/C14H19BrClNO/c15-13-3-1-2-12(10-13)11-17-7-4-14(5-8-17)18-9-6-16/h1-3,10,14H,4-9,11H2. The van der Waals surface area contributed by atoms with Gasteiger partial charge in [0.05, 0.1) is 12.7 Å². The molecule has 0 N–H and O–H groups in total. The van der Waals surface area contributed by atoms with Crippen LogP contribution in [0, 0.1) is 0 Å². The first-order valence-corrected chi connectivity index (χ1v) is 7.75. The van der Waals surface area contributed by atoms with E-state index in [2.05, 4.69) is 45.1 Å². The molecular formula is C14H19BrClNO. The average molecular weight is 333 g/mol. The van der Waals surface area contributed by atoms with Crippen LogP contribution in [0.2, 0.25) is 0 Å². The molecule has 1 heterocycles. The SMILES string of the molecule is ClCCOC1CCN(Cc2cccc(Br)c2)CC1. The van der Waals surface area contributed by atoms with Gasteiger partial charge in [-0.1, -0.05) is 28.1 Å². The molecule has 0 radical (unpaired) electrons. The maximum atomic E-state index is 5.68. The van der Waals surface area contributed by atoms with Gasteiger partial charge >= 0.3 is 0 Å². The van der Waals surface area contributed by atoms with E-state index >= 15 is 0 Å². The van der Waals surface area contributed by atoms with Crippen LogP contribution in [-0.4, -0.2) is 36.6 Å². The van der Waals surface area contributed by atoms with Gasteiger partial charge in [0, 0.05) is 30.0 Å². The average Bonchev–Trinajstić information content (AvgIpc) is 2.38. The first-order valence-electron chi connectivity index (χ1n) is 6.42. The van der Waals surface area contributed by atoms with Gasteiger partial charge < -0.3 is 4.74 Å². The van der Waals surface area contributed by atoms with E-state index in [1.165, 1.54) is 5.56 Å². The van der Waals surface area contributed by atoms with Crippen molar-refractivity contribution in [3.8, 4) is 0 Å². The zero-order valence-corrected chi connectivity index (χ0v) is 12.8. The second-order valence-electron chi connectivity index (χ2n) is 4.67. The van der Waals surface area contributed by atoms with Crippen LogP contribution in [0.1, 0.15) is 18.4 Å². The summed E-state index contributed by atoms with van der Waals surface area (Å²) in [6.45, 7) is 3.93. The zero-order chi connectivity index (χ0) is 12.8. The fraction of sp³-hybridized carbons (Fsp3) is 0.571. The molecule has 1 aromatic carbocycles. The number of ether oxygens (including phenoxy) is 1. The Morgan fingerprint density at radius 2 is 2.11 bits per heavy atom. The summed E-state index contributed by atoms with van der Waals surface area (Å²) in [5, 5.41) is 0. The van der Waals surface area contributed by atoms with Crippen molar-refractivity contribution >= 4 is 27.5 Å². The van der Waals surface area contributed by atoms with E-state index in [9.17, 15) is 0 Å². The Hall–Kier alpha value is -0.0900. The van der Waals surface area contributed by atoms with Crippen LogP contribution in [0.15, 0.2) is 28.7 Å². The van der Waals surface area contributed by atoms with E-state index < -0.39 is 0 Å². The van der Waals surface area contributed by atoms with E-state index in [1.54, 1.807) is 0 Å². The first kappa shape index (κ1) is 14.3. The van der Waals surface area contributed by atoms with Crippen molar-refractivity contribution in [2.24, 2.45) is 0 Å². The van der Waals surface area contributed by atoms with Gasteiger partial charge in [0.25, 0.3) is 0 Å². The number of nitrogens with zero attached hydrogens (tertiary/aromatic N) is 1. The van der Waals surface area contributed by atoms with E-state index in [0.29, 0.717) is 18.6 Å². The lowest BCUT2D eigenvalue weighted by molar-refractivity contribution is 0.0134. The molecule has 0 atom stereocenters. The molecule has 18 heavy (non-hydrogen) atoms. The predicted molar refractivity (Wildman–Crippen MR) is 79.1 cm³/mol. The normalized spacial score (nSPS) is 18.1. The maximum absolute atomic E-state index is 5.68. The largest absolute Gasteiger partial charge is 0.377 e. The number of hydrogen-bond donors (Lipinski definition) is 0. The van der Waals surface area contributed by atoms with Crippen molar-refractivity contribution in [1.29, 1.82) is 0 Å². The molecule has 1 saturated heterocycles. The van der Waals surface area contributed by atoms with Gasteiger partial charge in [-0.15, -0.1) is 11.6 Å². The number of alkyl halides is 1. The molecule has 0 saturated carbocycles. The van der Waals surface area contributed by atoms with Crippen LogP contribution in [0.25, 0.3) is 0 Å². The van der Waals surface area contributed by atoms with E-state index in [4.69, 9.17) is 16.3 Å². The second-order valence-corrected chi connectivity index (χ2v) is 5.96. The number of likely N-dealkylation sites (tertiary alicyclic amines) is 1. The number of halogens is 2. The van der Waals surface area contributed by atoms with Crippen molar-refractivity contribution < 1.29 is 4.74 Å². The summed E-state index contributed by atoms with van der Waals surface area (Å²) in [5.74, 6) is 0.595. The van der Waals surface area contributed by atoms with Gasteiger partial charge in [-0.3, -0.25) is 4.90 Å². The van der Waals surface area contributed by atoms with E-state index in [1.807, 2.05) is 0 Å².